The van der Waals surface area contributed by atoms with E-state index >= 15 is 0 Å². The van der Waals surface area contributed by atoms with Gasteiger partial charge in [0.2, 0.25) is 0 Å². The predicted molar refractivity (Wildman–Crippen MR) is 89.6 cm³/mol. The Balaban J connectivity index is 2.15. The van der Waals surface area contributed by atoms with E-state index in [-0.39, 0.29) is 31.2 Å². The number of pyridine rings is 1. The molecule has 0 aliphatic carbocycles. The zero-order valence-electron chi connectivity index (χ0n) is 13.9. The molecule has 5 nitrogen and oxygen atoms in total. The molecule has 1 unspecified atom stereocenters. The van der Waals surface area contributed by atoms with E-state index in [1.54, 1.807) is 19.1 Å². The van der Waals surface area contributed by atoms with Crippen LogP contribution < -0.4 is 11.5 Å². The topological polar surface area (TPSA) is 85.2 Å². The van der Waals surface area contributed by atoms with Gasteiger partial charge in [0.05, 0.1) is 6.54 Å². The van der Waals surface area contributed by atoms with Gasteiger partial charge in [-0.1, -0.05) is 18.2 Å². The van der Waals surface area contributed by atoms with Gasteiger partial charge >= 0.3 is 6.18 Å². The van der Waals surface area contributed by atoms with E-state index in [4.69, 9.17) is 11.5 Å². The molecule has 4 N–H and O–H groups in total. The second-order valence-corrected chi connectivity index (χ2v) is 6.21. The van der Waals surface area contributed by atoms with Gasteiger partial charge in [-0.05, 0) is 25.0 Å². The van der Waals surface area contributed by atoms with Crippen LogP contribution in [0.15, 0.2) is 36.1 Å². The highest BCUT2D eigenvalue weighted by Gasteiger charge is 2.32. The molecule has 2 heterocycles. The number of hydrogen-bond donors (Lipinski definition) is 2. The van der Waals surface area contributed by atoms with Crippen LogP contribution in [0.1, 0.15) is 35.7 Å². The van der Waals surface area contributed by atoms with Crippen molar-refractivity contribution in [1.29, 1.82) is 0 Å². The number of amides is 1. The van der Waals surface area contributed by atoms with E-state index in [1.165, 1.54) is 11.1 Å². The number of allylic oxidation sites excluding steroid dienone is 2. The summed E-state index contributed by atoms with van der Waals surface area (Å²) in [4.78, 5) is 17.9. The number of anilines is 1. The largest absolute Gasteiger partial charge is 0.389 e. The predicted octanol–water partition coefficient (Wildman–Crippen LogP) is 2.79. The number of fused-ring (bicyclic) bond motifs is 1. The van der Waals surface area contributed by atoms with E-state index in [1.807, 2.05) is 0 Å². The molecular formula is C17H21F3N4O. The van der Waals surface area contributed by atoms with Crippen molar-refractivity contribution in [2.45, 2.75) is 38.5 Å². The van der Waals surface area contributed by atoms with E-state index in [2.05, 4.69) is 11.6 Å². The van der Waals surface area contributed by atoms with Crippen molar-refractivity contribution in [2.24, 2.45) is 5.73 Å². The summed E-state index contributed by atoms with van der Waals surface area (Å²) in [6, 6.07) is 0.769. The van der Waals surface area contributed by atoms with Gasteiger partial charge < -0.3 is 16.4 Å². The van der Waals surface area contributed by atoms with Crippen LogP contribution in [0.4, 0.5) is 19.0 Å². The third kappa shape index (κ3) is 4.82. The number of alkyl halides is 3. The van der Waals surface area contributed by atoms with Crippen molar-refractivity contribution in [2.75, 3.05) is 12.3 Å². The first kappa shape index (κ1) is 19.0. The molecule has 1 aliphatic rings. The van der Waals surface area contributed by atoms with Crippen LogP contribution in [0, 0.1) is 0 Å². The summed E-state index contributed by atoms with van der Waals surface area (Å²) in [6.45, 7) is 5.85. The molecule has 1 atom stereocenters. The van der Waals surface area contributed by atoms with Gasteiger partial charge in [-0.15, -0.1) is 0 Å². The third-order valence-electron chi connectivity index (χ3n) is 3.98. The second-order valence-electron chi connectivity index (χ2n) is 6.21. The van der Waals surface area contributed by atoms with Crippen molar-refractivity contribution in [3.8, 4) is 0 Å². The molecule has 0 aromatic carbocycles. The minimum Gasteiger partial charge on any atom is -0.383 e. The van der Waals surface area contributed by atoms with E-state index in [0.717, 1.165) is 0 Å². The molecule has 0 fully saturated rings. The molecule has 1 amide bonds. The highest BCUT2D eigenvalue weighted by atomic mass is 19.4. The maximum Gasteiger partial charge on any atom is 0.389 e. The van der Waals surface area contributed by atoms with Gasteiger partial charge in [-0.2, -0.15) is 13.2 Å². The van der Waals surface area contributed by atoms with Crippen molar-refractivity contribution in [3.63, 3.8) is 0 Å². The highest BCUT2D eigenvalue weighted by molar-refractivity contribution is 5.99. The molecule has 25 heavy (non-hydrogen) atoms. The summed E-state index contributed by atoms with van der Waals surface area (Å²) in [5.74, 6) is 0.0416. The van der Waals surface area contributed by atoms with E-state index in [0.29, 0.717) is 22.3 Å². The monoisotopic (exact) mass is 354 g/mol. The molecule has 2 rings (SSSR count). The number of nitrogens with zero attached hydrogens (tertiary/aromatic N) is 2. The summed E-state index contributed by atoms with van der Waals surface area (Å²) >= 11 is 0. The number of carbonyl (C=O) groups is 1. The van der Waals surface area contributed by atoms with Crippen molar-refractivity contribution in [1.82, 2.24) is 9.88 Å². The molecule has 8 heteroatoms. The first-order valence-corrected chi connectivity index (χ1v) is 7.79. The smallest absolute Gasteiger partial charge is 0.383 e. The zero-order valence-corrected chi connectivity index (χ0v) is 13.9. The average Bonchev–Trinajstić information content (AvgIpc) is 2.81. The molecule has 0 saturated heterocycles. The number of hydrogen-bond acceptors (Lipinski definition) is 4. The molecule has 1 aromatic rings. The van der Waals surface area contributed by atoms with Crippen molar-refractivity contribution in [3.05, 3.63) is 47.2 Å². The Morgan fingerprint density at radius 2 is 2.20 bits per heavy atom. The maximum absolute atomic E-state index is 12.5. The van der Waals surface area contributed by atoms with Gasteiger partial charge in [0, 0.05) is 36.3 Å². The first-order valence-electron chi connectivity index (χ1n) is 7.79. The van der Waals surface area contributed by atoms with Crippen LogP contribution in [-0.2, 0) is 6.54 Å². The van der Waals surface area contributed by atoms with Gasteiger partial charge in [0.15, 0.2) is 0 Å². The molecule has 0 saturated carbocycles. The summed E-state index contributed by atoms with van der Waals surface area (Å²) in [5, 5.41) is 0. The lowest BCUT2D eigenvalue weighted by Crippen LogP contribution is -2.34. The number of nitrogen functional groups attached to an aromatic ring is 1. The normalized spacial score (nSPS) is 16.1. The minimum absolute atomic E-state index is 0.124. The number of halogens is 3. The van der Waals surface area contributed by atoms with Gasteiger partial charge in [0.25, 0.3) is 5.91 Å². The Bertz CT molecular complexity index is 712. The Morgan fingerprint density at radius 1 is 1.52 bits per heavy atom. The fourth-order valence-corrected chi connectivity index (χ4v) is 2.75. The average molecular weight is 354 g/mol. The summed E-state index contributed by atoms with van der Waals surface area (Å²) in [5.41, 5.74) is 14.0. The summed E-state index contributed by atoms with van der Waals surface area (Å²) in [6.07, 6.45) is -2.41. The Morgan fingerprint density at radius 3 is 2.76 bits per heavy atom. The molecular weight excluding hydrogens is 333 g/mol. The van der Waals surface area contributed by atoms with Crippen LogP contribution in [0.5, 0.6) is 0 Å². The highest BCUT2D eigenvalue weighted by Crippen LogP contribution is 2.28. The van der Waals surface area contributed by atoms with Crippen molar-refractivity contribution >= 4 is 11.7 Å². The first-order chi connectivity index (χ1) is 11.6. The molecule has 0 bridgehead atoms. The number of aromatic nitrogens is 1. The lowest BCUT2D eigenvalue weighted by Gasteiger charge is -2.23. The maximum atomic E-state index is 12.5. The Hall–Kier alpha value is -2.35. The van der Waals surface area contributed by atoms with Gasteiger partial charge in [-0.3, -0.25) is 4.79 Å². The number of rotatable bonds is 6. The van der Waals surface area contributed by atoms with Crippen molar-refractivity contribution < 1.29 is 18.0 Å². The van der Waals surface area contributed by atoms with Crippen LogP contribution >= 0.6 is 0 Å². The minimum atomic E-state index is -4.27. The lowest BCUT2D eigenvalue weighted by molar-refractivity contribution is -0.135. The number of carbonyl (C=O) groups excluding carboxylic acids is 1. The summed E-state index contributed by atoms with van der Waals surface area (Å²) < 4.78 is 37.4. The quantitative estimate of drug-likeness (QED) is 0.769. The fraction of sp³-hybridized carbons (Fsp3) is 0.412. The molecule has 1 aromatic heterocycles. The second kappa shape index (κ2) is 7.26. The fourth-order valence-electron chi connectivity index (χ4n) is 2.75. The lowest BCUT2D eigenvalue weighted by atomic mass is 10.00. The molecule has 136 valence electrons. The van der Waals surface area contributed by atoms with Crippen LogP contribution in [0.2, 0.25) is 0 Å². The summed E-state index contributed by atoms with van der Waals surface area (Å²) in [7, 11) is 0. The number of nitrogens with two attached hydrogens (primary N) is 2. The Labute approximate surface area is 144 Å². The standard InChI is InChI=1S/C17H21F3N4O/c1-10(2)7-11(14(21)3-5-17(18,19)20)8-24-9-13-12(16(24)25)4-6-23-15(13)22/h4,6-7,14H,1,3,5,8-9,21H2,2H3,(H2,22,23)/b11-7-. The molecule has 0 radical (unpaired) electrons. The van der Waals surface area contributed by atoms with E-state index in [9.17, 15) is 18.0 Å². The molecule has 0 spiro atoms. The Kier molecular flexibility index (Phi) is 5.52. The van der Waals surface area contributed by atoms with Crippen LogP contribution in [-0.4, -0.2) is 34.6 Å². The van der Waals surface area contributed by atoms with Gasteiger partial charge in [0.1, 0.15) is 5.82 Å². The zero-order chi connectivity index (χ0) is 18.8. The van der Waals surface area contributed by atoms with Crippen LogP contribution in [0.25, 0.3) is 0 Å². The third-order valence-corrected chi connectivity index (χ3v) is 3.98. The SMILES string of the molecule is C=C(C)/C=C(/CN1Cc2c(ccnc2N)C1=O)C(N)CCC(F)(F)F. The molecule has 1 aliphatic heterocycles. The van der Waals surface area contributed by atoms with E-state index < -0.39 is 18.6 Å². The van der Waals surface area contributed by atoms with Gasteiger partial charge in [-0.25, -0.2) is 4.98 Å². The van der Waals surface area contributed by atoms with Crippen LogP contribution in [0.3, 0.4) is 0 Å².